The normalized spacial score (nSPS) is 19.7. The van der Waals surface area contributed by atoms with Crippen LogP contribution in [0.3, 0.4) is 0 Å². The Morgan fingerprint density at radius 3 is 2.33 bits per heavy atom. The van der Waals surface area contributed by atoms with Crippen molar-refractivity contribution in [1.29, 1.82) is 0 Å². The fourth-order valence-corrected chi connectivity index (χ4v) is 1.77. The summed E-state index contributed by atoms with van der Waals surface area (Å²) >= 11 is 0. The van der Waals surface area contributed by atoms with Crippen LogP contribution in [-0.2, 0) is 9.59 Å². The second-order valence-corrected chi connectivity index (χ2v) is 3.65. The van der Waals surface area contributed by atoms with Gasteiger partial charge in [0.25, 0.3) is 0 Å². The molecule has 5 heteroatoms. The van der Waals surface area contributed by atoms with Crippen LogP contribution in [0.2, 0.25) is 0 Å². The Morgan fingerprint density at radius 2 is 1.93 bits per heavy atom. The maximum Gasteiger partial charge on any atom is 0.332 e. The van der Waals surface area contributed by atoms with E-state index in [4.69, 9.17) is 5.11 Å². The lowest BCUT2D eigenvalue weighted by Gasteiger charge is -2.32. The van der Waals surface area contributed by atoms with Crippen molar-refractivity contribution < 1.29 is 19.8 Å². The van der Waals surface area contributed by atoms with Crippen LogP contribution in [0, 0.1) is 5.92 Å². The van der Waals surface area contributed by atoms with E-state index in [1.54, 1.807) is 4.90 Å². The maximum atomic E-state index is 11.2. The van der Waals surface area contributed by atoms with Crippen LogP contribution in [0.1, 0.15) is 12.8 Å². The fourth-order valence-electron chi connectivity index (χ4n) is 1.77. The monoisotopic (exact) mass is 213 g/mol. The molecule has 1 saturated heterocycles. The van der Waals surface area contributed by atoms with E-state index in [2.05, 4.69) is 6.58 Å². The number of hydrogen-bond donors (Lipinski definition) is 2. The van der Waals surface area contributed by atoms with Crippen molar-refractivity contribution in [2.45, 2.75) is 18.9 Å². The summed E-state index contributed by atoms with van der Waals surface area (Å²) in [4.78, 5) is 23.3. The van der Waals surface area contributed by atoms with Gasteiger partial charge in [0, 0.05) is 13.1 Å². The smallest absolute Gasteiger partial charge is 0.332 e. The number of aliphatic carboxylic acids is 1. The van der Waals surface area contributed by atoms with Gasteiger partial charge in [0.2, 0.25) is 5.91 Å². The number of amides is 1. The predicted octanol–water partition coefficient (Wildman–Crippen LogP) is -0.144. The van der Waals surface area contributed by atoms with Gasteiger partial charge in [-0.25, -0.2) is 4.79 Å². The van der Waals surface area contributed by atoms with E-state index in [1.807, 2.05) is 0 Å². The maximum absolute atomic E-state index is 11.2. The zero-order valence-electron chi connectivity index (χ0n) is 8.43. The van der Waals surface area contributed by atoms with Gasteiger partial charge in [-0.1, -0.05) is 6.58 Å². The number of piperidine rings is 1. The molecule has 1 heterocycles. The summed E-state index contributed by atoms with van der Waals surface area (Å²) in [5.74, 6) is -1.59. The molecule has 1 atom stereocenters. The van der Waals surface area contributed by atoms with Gasteiger partial charge in [0.05, 0.1) is 0 Å². The van der Waals surface area contributed by atoms with Crippen LogP contribution >= 0.6 is 0 Å². The molecule has 0 spiro atoms. The first kappa shape index (κ1) is 11.7. The number of carboxylic acid groups (broad SMARTS) is 1. The quantitative estimate of drug-likeness (QED) is 0.639. The third kappa shape index (κ3) is 2.79. The van der Waals surface area contributed by atoms with Crippen molar-refractivity contribution in [2.24, 2.45) is 5.92 Å². The minimum Gasteiger partial charge on any atom is -0.479 e. The Kier molecular flexibility index (Phi) is 3.85. The second-order valence-electron chi connectivity index (χ2n) is 3.65. The van der Waals surface area contributed by atoms with E-state index in [0.717, 1.165) is 0 Å². The number of hydrogen-bond acceptors (Lipinski definition) is 3. The lowest BCUT2D eigenvalue weighted by atomic mass is 9.91. The Bertz CT molecular complexity index is 269. The minimum absolute atomic E-state index is 0.140. The number of likely N-dealkylation sites (tertiary alicyclic amines) is 1. The van der Waals surface area contributed by atoms with E-state index in [9.17, 15) is 14.7 Å². The molecule has 0 saturated carbocycles. The molecule has 84 valence electrons. The average molecular weight is 213 g/mol. The lowest BCUT2D eigenvalue weighted by Crippen LogP contribution is -2.42. The van der Waals surface area contributed by atoms with E-state index < -0.39 is 12.1 Å². The van der Waals surface area contributed by atoms with Gasteiger partial charge in [-0.15, -0.1) is 0 Å². The summed E-state index contributed by atoms with van der Waals surface area (Å²) in [6, 6.07) is 0. The van der Waals surface area contributed by atoms with Gasteiger partial charge < -0.3 is 15.1 Å². The molecule has 0 aromatic carbocycles. The van der Waals surface area contributed by atoms with Crippen molar-refractivity contribution >= 4 is 11.9 Å². The van der Waals surface area contributed by atoms with Gasteiger partial charge in [-0.3, -0.25) is 4.79 Å². The van der Waals surface area contributed by atoms with Crippen LogP contribution in [0.4, 0.5) is 0 Å². The van der Waals surface area contributed by atoms with Crippen molar-refractivity contribution in [3.8, 4) is 0 Å². The zero-order chi connectivity index (χ0) is 11.4. The Balaban J connectivity index is 2.45. The van der Waals surface area contributed by atoms with Crippen molar-refractivity contribution in [3.63, 3.8) is 0 Å². The SMILES string of the molecule is C=CC(=O)N1CCC(C(O)C(=O)O)CC1. The standard InChI is InChI=1S/C10H15NO4/c1-2-8(12)11-5-3-7(4-6-11)9(13)10(14)15/h2,7,9,13H,1,3-6H2,(H,14,15). The highest BCUT2D eigenvalue weighted by Crippen LogP contribution is 2.20. The lowest BCUT2D eigenvalue weighted by molar-refractivity contribution is -0.150. The van der Waals surface area contributed by atoms with E-state index in [0.29, 0.717) is 25.9 Å². The van der Waals surface area contributed by atoms with Crippen LogP contribution < -0.4 is 0 Å². The first-order valence-corrected chi connectivity index (χ1v) is 4.88. The molecule has 5 nitrogen and oxygen atoms in total. The number of carbonyl (C=O) groups is 2. The molecule has 0 radical (unpaired) electrons. The molecule has 1 amide bonds. The molecule has 1 fully saturated rings. The highest BCUT2D eigenvalue weighted by Gasteiger charge is 2.30. The summed E-state index contributed by atoms with van der Waals surface area (Å²) in [7, 11) is 0. The fraction of sp³-hybridized carbons (Fsp3) is 0.600. The van der Waals surface area contributed by atoms with Crippen molar-refractivity contribution in [3.05, 3.63) is 12.7 Å². The second kappa shape index (κ2) is 4.93. The predicted molar refractivity (Wildman–Crippen MR) is 53.1 cm³/mol. The number of carbonyl (C=O) groups excluding carboxylic acids is 1. The van der Waals surface area contributed by atoms with Gasteiger partial charge in [0.15, 0.2) is 6.10 Å². The first-order valence-electron chi connectivity index (χ1n) is 4.88. The molecule has 1 unspecified atom stereocenters. The Hall–Kier alpha value is -1.36. The Morgan fingerprint density at radius 1 is 1.40 bits per heavy atom. The molecule has 0 bridgehead atoms. The van der Waals surface area contributed by atoms with Gasteiger partial charge in [-0.2, -0.15) is 0 Å². The summed E-state index contributed by atoms with van der Waals surface area (Å²) in [5, 5.41) is 17.9. The number of rotatable bonds is 3. The third-order valence-corrected chi connectivity index (χ3v) is 2.73. The Labute approximate surface area is 88.0 Å². The summed E-state index contributed by atoms with van der Waals surface area (Å²) in [6.45, 7) is 4.36. The summed E-state index contributed by atoms with van der Waals surface area (Å²) < 4.78 is 0. The molecule has 0 aliphatic carbocycles. The van der Waals surface area contributed by atoms with E-state index >= 15 is 0 Å². The number of aliphatic hydroxyl groups excluding tert-OH is 1. The third-order valence-electron chi connectivity index (χ3n) is 2.73. The summed E-state index contributed by atoms with van der Waals surface area (Å²) in [5.41, 5.74) is 0. The highest BCUT2D eigenvalue weighted by molar-refractivity contribution is 5.87. The first-order chi connectivity index (χ1) is 7.06. The topological polar surface area (TPSA) is 77.8 Å². The van der Waals surface area contributed by atoms with Crippen molar-refractivity contribution in [2.75, 3.05) is 13.1 Å². The molecule has 1 rings (SSSR count). The molecule has 2 N–H and O–H groups in total. The van der Waals surface area contributed by atoms with E-state index in [-0.39, 0.29) is 11.8 Å². The molecule has 1 aliphatic heterocycles. The summed E-state index contributed by atoms with van der Waals surface area (Å²) in [6.07, 6.45) is 0.972. The van der Waals surface area contributed by atoms with Crippen molar-refractivity contribution in [1.82, 2.24) is 4.90 Å². The zero-order valence-corrected chi connectivity index (χ0v) is 8.43. The van der Waals surface area contributed by atoms with Crippen LogP contribution in [0.5, 0.6) is 0 Å². The van der Waals surface area contributed by atoms with Crippen LogP contribution in [0.15, 0.2) is 12.7 Å². The van der Waals surface area contributed by atoms with Crippen LogP contribution in [0.25, 0.3) is 0 Å². The molecule has 1 aliphatic rings. The average Bonchev–Trinajstić information content (AvgIpc) is 2.27. The van der Waals surface area contributed by atoms with Gasteiger partial charge in [-0.05, 0) is 24.8 Å². The molecular formula is C10H15NO4. The largest absolute Gasteiger partial charge is 0.479 e. The van der Waals surface area contributed by atoms with Gasteiger partial charge in [0.1, 0.15) is 0 Å². The van der Waals surface area contributed by atoms with Gasteiger partial charge >= 0.3 is 5.97 Å². The molecule has 15 heavy (non-hydrogen) atoms. The molecule has 0 aromatic rings. The van der Waals surface area contributed by atoms with Crippen LogP contribution in [-0.4, -0.2) is 46.2 Å². The number of aliphatic hydroxyl groups is 1. The minimum atomic E-state index is -1.31. The highest BCUT2D eigenvalue weighted by atomic mass is 16.4. The molecular weight excluding hydrogens is 198 g/mol. The molecule has 0 aromatic heterocycles. The van der Waals surface area contributed by atoms with E-state index in [1.165, 1.54) is 6.08 Å². The number of carboxylic acids is 1. The number of nitrogens with zero attached hydrogens (tertiary/aromatic N) is 1.